The molecule has 0 atom stereocenters. The van der Waals surface area contributed by atoms with Gasteiger partial charge in [0.25, 0.3) is 0 Å². The van der Waals surface area contributed by atoms with Gasteiger partial charge in [-0.25, -0.2) is 0 Å². The normalized spacial score (nSPS) is 9.56. The predicted octanol–water partition coefficient (Wildman–Crippen LogP) is 3.37. The molecule has 0 aliphatic heterocycles. The van der Waals surface area contributed by atoms with Crippen LogP contribution >= 0.6 is 0 Å². The zero-order valence-corrected chi connectivity index (χ0v) is 12.2. The molecule has 5 heteroatoms. The van der Waals surface area contributed by atoms with Crippen LogP contribution < -0.4 is 0 Å². The molecule has 0 aliphatic carbocycles. The maximum atomic E-state index is 7.53. The van der Waals surface area contributed by atoms with E-state index in [2.05, 4.69) is 18.4 Å². The third kappa shape index (κ3) is 25.0. The van der Waals surface area contributed by atoms with Crippen molar-refractivity contribution in [1.82, 2.24) is 0 Å². The van der Waals surface area contributed by atoms with E-state index < -0.39 is 0 Å². The summed E-state index contributed by atoms with van der Waals surface area (Å²) in [4.78, 5) is 0. The van der Waals surface area contributed by atoms with Crippen LogP contribution in [0, 0.1) is 0 Å². The lowest BCUT2D eigenvalue weighted by Gasteiger charge is -2.00. The van der Waals surface area contributed by atoms with Crippen LogP contribution in [0.5, 0.6) is 0 Å². The summed E-state index contributed by atoms with van der Waals surface area (Å²) in [6.07, 6.45) is 15.9. The van der Waals surface area contributed by atoms with Gasteiger partial charge in [-0.15, -0.1) is 0 Å². The Morgan fingerprint density at radius 2 is 0.889 bits per heavy atom. The van der Waals surface area contributed by atoms with E-state index in [9.17, 15) is 0 Å². The Morgan fingerprint density at radius 1 is 0.611 bits per heavy atom. The van der Waals surface area contributed by atoms with Crippen molar-refractivity contribution in [3.05, 3.63) is 0 Å². The Labute approximate surface area is 115 Å². The molecule has 2 N–H and O–H groups in total. The Hall–Kier alpha value is 0.00987. The molecule has 0 saturated carbocycles. The standard InChI is InChI=1S/C13H28.B2H2O3/c1-3-5-7-9-11-13-12-10-8-6-4-2;3-1-5-2-4/h3-13H2,1-2H3;3-4H. The van der Waals surface area contributed by atoms with E-state index in [1.54, 1.807) is 0 Å². The van der Waals surface area contributed by atoms with Crippen molar-refractivity contribution in [2.24, 2.45) is 0 Å². The Morgan fingerprint density at radius 3 is 1.06 bits per heavy atom. The van der Waals surface area contributed by atoms with Crippen LogP contribution in [-0.2, 0) is 4.57 Å². The molecule has 0 unspecified atom stereocenters. The van der Waals surface area contributed by atoms with Crippen molar-refractivity contribution in [1.29, 1.82) is 0 Å². The third-order valence-corrected chi connectivity index (χ3v) is 2.83. The van der Waals surface area contributed by atoms with Gasteiger partial charge in [-0.2, -0.15) is 0 Å². The minimum Gasteiger partial charge on any atom is -0.456 e. The molecule has 0 spiro atoms. The quantitative estimate of drug-likeness (QED) is 0.415. The lowest BCUT2D eigenvalue weighted by molar-refractivity contribution is 0.408. The fourth-order valence-electron chi connectivity index (χ4n) is 1.76. The van der Waals surface area contributed by atoms with Gasteiger partial charge >= 0.3 is 15.4 Å². The Kier molecular flexibility index (Phi) is 25.1. The molecule has 0 aromatic rings. The second-order valence-electron chi connectivity index (χ2n) is 4.53. The molecule has 0 aromatic carbocycles. The van der Waals surface area contributed by atoms with E-state index in [0.29, 0.717) is 15.4 Å². The third-order valence-electron chi connectivity index (χ3n) is 2.83. The van der Waals surface area contributed by atoms with Gasteiger partial charge in [0.2, 0.25) is 0 Å². The molecule has 0 amide bonds. The van der Waals surface area contributed by atoms with Gasteiger partial charge in [-0.3, -0.25) is 0 Å². The Bertz CT molecular complexity index is 115. The highest BCUT2D eigenvalue weighted by Gasteiger charge is 1.91. The average molecular weight is 256 g/mol. The van der Waals surface area contributed by atoms with Gasteiger partial charge < -0.3 is 14.6 Å². The smallest absolute Gasteiger partial charge is 0.456 e. The number of hydrogen-bond donors (Lipinski definition) is 2. The van der Waals surface area contributed by atoms with Crippen molar-refractivity contribution < 1.29 is 14.6 Å². The molecule has 18 heavy (non-hydrogen) atoms. The predicted molar refractivity (Wildman–Crippen MR) is 79.2 cm³/mol. The highest BCUT2D eigenvalue weighted by atomic mass is 16.5. The summed E-state index contributed by atoms with van der Waals surface area (Å²) in [5.41, 5.74) is 0. The van der Waals surface area contributed by atoms with Crippen LogP contribution in [0.2, 0.25) is 0 Å². The average Bonchev–Trinajstić information content (AvgIpc) is 2.39. The summed E-state index contributed by atoms with van der Waals surface area (Å²) in [5.74, 6) is 0. The highest BCUT2D eigenvalue weighted by Crippen LogP contribution is 2.10. The molecule has 0 saturated heterocycles. The van der Waals surface area contributed by atoms with E-state index >= 15 is 0 Å². The first-order chi connectivity index (χ1) is 8.83. The van der Waals surface area contributed by atoms with Gasteiger partial charge in [0.15, 0.2) is 0 Å². The molecule has 2 radical (unpaired) electrons. The lowest BCUT2D eigenvalue weighted by Crippen LogP contribution is -2.00. The zero-order valence-electron chi connectivity index (χ0n) is 12.2. The molecule has 0 aromatic heterocycles. The molecular weight excluding hydrogens is 226 g/mol. The summed E-state index contributed by atoms with van der Waals surface area (Å²) in [5, 5.41) is 15.1. The van der Waals surface area contributed by atoms with Gasteiger partial charge in [0, 0.05) is 0 Å². The van der Waals surface area contributed by atoms with Crippen LogP contribution in [0.3, 0.4) is 0 Å². The van der Waals surface area contributed by atoms with Crippen molar-refractivity contribution in [3.8, 4) is 0 Å². The van der Waals surface area contributed by atoms with Gasteiger partial charge in [0.05, 0.1) is 0 Å². The van der Waals surface area contributed by atoms with Crippen LogP contribution in [0.15, 0.2) is 0 Å². The van der Waals surface area contributed by atoms with E-state index in [0.717, 1.165) is 0 Å². The van der Waals surface area contributed by atoms with E-state index in [1.807, 2.05) is 0 Å². The summed E-state index contributed by atoms with van der Waals surface area (Å²) in [7, 11) is 0.750. The first-order valence-corrected chi connectivity index (χ1v) is 7.40. The minimum absolute atomic E-state index is 0.375. The topological polar surface area (TPSA) is 49.7 Å². The molecule has 0 fully saturated rings. The van der Waals surface area contributed by atoms with E-state index in [4.69, 9.17) is 10.0 Å². The number of rotatable bonds is 12. The molecule has 0 aliphatic rings. The second kappa shape index (κ2) is 22.2. The van der Waals surface area contributed by atoms with Crippen molar-refractivity contribution in [2.45, 2.75) is 84.5 Å². The minimum atomic E-state index is 0.375. The summed E-state index contributed by atoms with van der Waals surface area (Å²) >= 11 is 0. The van der Waals surface area contributed by atoms with E-state index in [-0.39, 0.29) is 0 Å². The lowest BCUT2D eigenvalue weighted by atomic mass is 10.1. The van der Waals surface area contributed by atoms with E-state index in [1.165, 1.54) is 70.6 Å². The first kappa shape index (κ1) is 20.3. The van der Waals surface area contributed by atoms with Crippen LogP contribution in [0.25, 0.3) is 0 Å². The molecule has 106 valence electrons. The van der Waals surface area contributed by atoms with Crippen LogP contribution in [0.4, 0.5) is 0 Å². The van der Waals surface area contributed by atoms with Gasteiger partial charge in [-0.1, -0.05) is 84.5 Å². The molecule has 0 rings (SSSR count). The summed E-state index contributed by atoms with van der Waals surface area (Å²) < 4.78 is 3.69. The largest absolute Gasteiger partial charge is 0.469 e. The van der Waals surface area contributed by atoms with Crippen molar-refractivity contribution >= 4 is 15.4 Å². The maximum Gasteiger partial charge on any atom is 0.469 e. The monoisotopic (exact) mass is 256 g/mol. The van der Waals surface area contributed by atoms with Crippen molar-refractivity contribution in [3.63, 3.8) is 0 Å². The molecular formula is C13H30B2O3. The highest BCUT2D eigenvalue weighted by molar-refractivity contribution is 6.32. The number of unbranched alkanes of at least 4 members (excludes halogenated alkanes) is 10. The number of hydrogen-bond acceptors (Lipinski definition) is 3. The fourth-order valence-corrected chi connectivity index (χ4v) is 1.76. The maximum absolute atomic E-state index is 7.53. The van der Waals surface area contributed by atoms with Crippen LogP contribution in [-0.4, -0.2) is 25.4 Å². The second-order valence-corrected chi connectivity index (χ2v) is 4.53. The summed E-state index contributed by atoms with van der Waals surface area (Å²) in [6, 6.07) is 0. The Balaban J connectivity index is 0. The van der Waals surface area contributed by atoms with Gasteiger partial charge in [0.1, 0.15) is 0 Å². The van der Waals surface area contributed by atoms with Gasteiger partial charge in [-0.05, 0) is 0 Å². The fraction of sp³-hybridized carbons (Fsp3) is 1.00. The molecule has 0 heterocycles. The SMILES string of the molecule is CCCCCCCCCCCCC.O[B]O[B]O. The molecule has 3 nitrogen and oxygen atoms in total. The molecule has 0 bridgehead atoms. The summed E-state index contributed by atoms with van der Waals surface area (Å²) in [6.45, 7) is 4.56. The zero-order chi connectivity index (χ0) is 13.9. The van der Waals surface area contributed by atoms with Crippen LogP contribution in [0.1, 0.15) is 84.5 Å². The van der Waals surface area contributed by atoms with Crippen molar-refractivity contribution in [2.75, 3.05) is 0 Å². The first-order valence-electron chi connectivity index (χ1n) is 7.40.